The van der Waals surface area contributed by atoms with E-state index in [0.717, 1.165) is 49.9 Å². The highest BCUT2D eigenvalue weighted by atomic mass is 32.2. The number of hydrogen-bond donors (Lipinski definition) is 2. The summed E-state index contributed by atoms with van der Waals surface area (Å²) in [7, 11) is 3.24. The minimum atomic E-state index is 0.109. The quantitative estimate of drug-likeness (QED) is 0.651. The molecular formula is C17H27N3O3S. The molecule has 2 rings (SSSR count). The molecule has 0 bridgehead atoms. The van der Waals surface area contributed by atoms with Gasteiger partial charge in [-0.25, -0.2) is 0 Å². The summed E-state index contributed by atoms with van der Waals surface area (Å²) in [5.74, 6) is 2.28. The van der Waals surface area contributed by atoms with Crippen LogP contribution in [0.3, 0.4) is 0 Å². The number of hydrogen-bond acceptors (Lipinski definition) is 6. The van der Waals surface area contributed by atoms with Gasteiger partial charge in [0, 0.05) is 56.3 Å². The molecule has 24 heavy (non-hydrogen) atoms. The SMILES string of the molecule is COc1ccc(SCCC(=O)NCCN2CCNCC2)cc1OC. The molecule has 0 aliphatic carbocycles. The summed E-state index contributed by atoms with van der Waals surface area (Å²) in [5, 5.41) is 6.32. The van der Waals surface area contributed by atoms with Gasteiger partial charge >= 0.3 is 0 Å². The molecule has 0 saturated carbocycles. The standard InChI is InChI=1S/C17H27N3O3S/c1-22-15-4-3-14(13-16(15)23-2)24-12-5-17(21)19-8-11-20-9-6-18-7-10-20/h3-4,13,18H,5-12H2,1-2H3,(H,19,21). The van der Waals surface area contributed by atoms with Crippen molar-refractivity contribution in [3.8, 4) is 11.5 Å². The molecule has 0 spiro atoms. The Hall–Kier alpha value is -1.44. The Labute approximate surface area is 148 Å². The monoisotopic (exact) mass is 353 g/mol. The first-order chi connectivity index (χ1) is 11.7. The van der Waals surface area contributed by atoms with Crippen LogP contribution in [0, 0.1) is 0 Å². The number of ether oxygens (including phenoxy) is 2. The zero-order valence-corrected chi connectivity index (χ0v) is 15.3. The van der Waals surface area contributed by atoms with E-state index in [4.69, 9.17) is 9.47 Å². The third kappa shape index (κ3) is 6.22. The van der Waals surface area contributed by atoms with E-state index in [1.165, 1.54) is 0 Å². The highest BCUT2D eigenvalue weighted by Gasteiger charge is 2.10. The van der Waals surface area contributed by atoms with E-state index in [1.807, 2.05) is 18.2 Å². The molecule has 2 N–H and O–H groups in total. The van der Waals surface area contributed by atoms with Crippen molar-refractivity contribution in [2.24, 2.45) is 0 Å². The van der Waals surface area contributed by atoms with Crippen LogP contribution in [0.1, 0.15) is 6.42 Å². The van der Waals surface area contributed by atoms with Gasteiger partial charge in [-0.3, -0.25) is 9.69 Å². The number of piperazine rings is 1. The highest BCUT2D eigenvalue weighted by Crippen LogP contribution is 2.31. The molecule has 6 nitrogen and oxygen atoms in total. The Morgan fingerprint density at radius 3 is 2.71 bits per heavy atom. The van der Waals surface area contributed by atoms with Crippen molar-refractivity contribution in [1.82, 2.24) is 15.5 Å². The molecule has 1 fully saturated rings. The summed E-state index contributed by atoms with van der Waals surface area (Å²) < 4.78 is 10.5. The number of nitrogens with one attached hydrogen (secondary N) is 2. The fourth-order valence-electron chi connectivity index (χ4n) is 2.54. The van der Waals surface area contributed by atoms with Crippen LogP contribution in [0.5, 0.6) is 11.5 Å². The van der Waals surface area contributed by atoms with E-state index in [2.05, 4.69) is 15.5 Å². The second kappa shape index (κ2) is 10.4. The minimum Gasteiger partial charge on any atom is -0.493 e. The smallest absolute Gasteiger partial charge is 0.220 e. The lowest BCUT2D eigenvalue weighted by Crippen LogP contribution is -2.46. The summed E-state index contributed by atoms with van der Waals surface area (Å²) in [6.07, 6.45) is 0.514. The Morgan fingerprint density at radius 2 is 2.00 bits per heavy atom. The van der Waals surface area contributed by atoms with E-state index in [9.17, 15) is 4.79 Å². The Morgan fingerprint density at radius 1 is 1.25 bits per heavy atom. The lowest BCUT2D eigenvalue weighted by molar-refractivity contribution is -0.120. The summed E-state index contributed by atoms with van der Waals surface area (Å²) in [4.78, 5) is 15.3. The van der Waals surface area contributed by atoms with Crippen LogP contribution >= 0.6 is 11.8 Å². The van der Waals surface area contributed by atoms with Crippen LogP contribution in [0.4, 0.5) is 0 Å². The van der Waals surface area contributed by atoms with Gasteiger partial charge in [-0.05, 0) is 18.2 Å². The third-order valence-electron chi connectivity index (χ3n) is 3.91. The maximum absolute atomic E-state index is 11.9. The third-order valence-corrected chi connectivity index (χ3v) is 4.91. The van der Waals surface area contributed by atoms with Crippen molar-refractivity contribution in [3.63, 3.8) is 0 Å². The Bertz CT molecular complexity index is 522. The first kappa shape index (κ1) is 18.9. The molecule has 1 aliphatic rings. The van der Waals surface area contributed by atoms with Gasteiger partial charge in [0.15, 0.2) is 11.5 Å². The van der Waals surface area contributed by atoms with E-state index in [-0.39, 0.29) is 5.91 Å². The highest BCUT2D eigenvalue weighted by molar-refractivity contribution is 7.99. The lowest BCUT2D eigenvalue weighted by atomic mass is 10.3. The lowest BCUT2D eigenvalue weighted by Gasteiger charge is -2.27. The largest absolute Gasteiger partial charge is 0.493 e. The molecule has 0 radical (unpaired) electrons. The van der Waals surface area contributed by atoms with Gasteiger partial charge in [0.05, 0.1) is 14.2 Å². The van der Waals surface area contributed by atoms with Gasteiger partial charge in [0.25, 0.3) is 0 Å². The number of benzene rings is 1. The molecule has 1 amide bonds. The van der Waals surface area contributed by atoms with E-state index >= 15 is 0 Å². The summed E-state index contributed by atoms with van der Waals surface area (Å²) >= 11 is 1.64. The van der Waals surface area contributed by atoms with Crippen molar-refractivity contribution in [3.05, 3.63) is 18.2 Å². The van der Waals surface area contributed by atoms with Crippen LogP contribution in [-0.2, 0) is 4.79 Å². The molecule has 0 aromatic heterocycles. The first-order valence-corrected chi connectivity index (χ1v) is 9.26. The number of nitrogens with zero attached hydrogens (tertiary/aromatic N) is 1. The summed E-state index contributed by atoms with van der Waals surface area (Å²) in [5.41, 5.74) is 0. The van der Waals surface area contributed by atoms with Crippen LogP contribution in [0.15, 0.2) is 23.1 Å². The minimum absolute atomic E-state index is 0.109. The van der Waals surface area contributed by atoms with Crippen molar-refractivity contribution in [2.75, 3.05) is 59.2 Å². The molecular weight excluding hydrogens is 326 g/mol. The number of rotatable bonds is 9. The van der Waals surface area contributed by atoms with Crippen LogP contribution in [0.25, 0.3) is 0 Å². The number of carbonyl (C=O) groups excluding carboxylic acids is 1. The molecule has 1 aliphatic heterocycles. The van der Waals surface area contributed by atoms with Crippen LogP contribution < -0.4 is 20.1 Å². The molecule has 7 heteroatoms. The summed E-state index contributed by atoms with van der Waals surface area (Å²) in [6, 6.07) is 5.80. The fourth-order valence-corrected chi connectivity index (χ4v) is 3.42. The second-order valence-corrected chi connectivity index (χ2v) is 6.73. The number of methoxy groups -OCH3 is 2. The maximum Gasteiger partial charge on any atom is 0.220 e. The average Bonchev–Trinajstić information content (AvgIpc) is 2.62. The van der Waals surface area contributed by atoms with Gasteiger partial charge in [-0.15, -0.1) is 11.8 Å². The average molecular weight is 353 g/mol. The fraction of sp³-hybridized carbons (Fsp3) is 0.588. The molecule has 1 saturated heterocycles. The molecule has 134 valence electrons. The van der Waals surface area contributed by atoms with Crippen LogP contribution in [0.2, 0.25) is 0 Å². The van der Waals surface area contributed by atoms with E-state index in [0.29, 0.717) is 17.9 Å². The van der Waals surface area contributed by atoms with Crippen molar-refractivity contribution >= 4 is 17.7 Å². The van der Waals surface area contributed by atoms with Gasteiger partial charge < -0.3 is 20.1 Å². The van der Waals surface area contributed by atoms with Crippen molar-refractivity contribution in [1.29, 1.82) is 0 Å². The normalized spacial score (nSPS) is 15.1. The van der Waals surface area contributed by atoms with E-state index < -0.39 is 0 Å². The Kier molecular flexibility index (Phi) is 8.21. The predicted octanol–water partition coefficient (Wildman–Crippen LogP) is 1.21. The Balaban J connectivity index is 1.63. The number of amides is 1. The van der Waals surface area contributed by atoms with E-state index in [1.54, 1.807) is 26.0 Å². The zero-order chi connectivity index (χ0) is 17.2. The molecule has 1 aromatic rings. The van der Waals surface area contributed by atoms with Crippen molar-refractivity contribution < 1.29 is 14.3 Å². The van der Waals surface area contributed by atoms with Gasteiger partial charge in [-0.2, -0.15) is 0 Å². The zero-order valence-electron chi connectivity index (χ0n) is 14.5. The second-order valence-electron chi connectivity index (χ2n) is 5.56. The van der Waals surface area contributed by atoms with Gasteiger partial charge in [0.2, 0.25) is 5.91 Å². The molecule has 1 heterocycles. The van der Waals surface area contributed by atoms with Crippen LogP contribution in [-0.4, -0.2) is 70.0 Å². The van der Waals surface area contributed by atoms with Crippen molar-refractivity contribution in [2.45, 2.75) is 11.3 Å². The topological polar surface area (TPSA) is 62.8 Å². The molecule has 0 atom stereocenters. The molecule has 0 unspecified atom stereocenters. The first-order valence-electron chi connectivity index (χ1n) is 8.27. The molecule has 1 aromatic carbocycles. The van der Waals surface area contributed by atoms with Gasteiger partial charge in [-0.1, -0.05) is 0 Å². The predicted molar refractivity (Wildman–Crippen MR) is 97.2 cm³/mol. The summed E-state index contributed by atoms with van der Waals surface area (Å²) in [6.45, 7) is 5.85. The van der Waals surface area contributed by atoms with Gasteiger partial charge in [0.1, 0.15) is 0 Å². The number of thioether (sulfide) groups is 1. The maximum atomic E-state index is 11.9. The number of carbonyl (C=O) groups is 1.